The third-order valence-electron chi connectivity index (χ3n) is 4.64. The van der Waals surface area contributed by atoms with Crippen LogP contribution in [0.2, 0.25) is 0 Å². The zero-order valence-electron chi connectivity index (χ0n) is 12.4. The Bertz CT molecular complexity index is 555. The lowest BCUT2D eigenvalue weighted by atomic mass is 9.94. The molecule has 1 aliphatic carbocycles. The maximum absolute atomic E-state index is 13.7. The Balaban J connectivity index is 0.00000176. The smallest absolute Gasteiger partial charge is 0.224 e. The highest BCUT2D eigenvalue weighted by Crippen LogP contribution is 2.48. The first-order chi connectivity index (χ1) is 10.1. The van der Waals surface area contributed by atoms with Crippen molar-refractivity contribution in [2.45, 2.75) is 31.7 Å². The number of amides is 1. The number of piperidine rings is 1. The van der Waals surface area contributed by atoms with Crippen LogP contribution in [0.3, 0.4) is 0 Å². The maximum atomic E-state index is 13.7. The normalized spacial score (nSPS) is 30.3. The molecule has 1 saturated carbocycles. The summed E-state index contributed by atoms with van der Waals surface area (Å²) in [6.45, 7) is 3.91. The molecule has 2 N–H and O–H groups in total. The fraction of sp³-hybridized carbons (Fsp3) is 0.562. The summed E-state index contributed by atoms with van der Waals surface area (Å²) in [6.07, 6.45) is 1.69. The molecule has 2 fully saturated rings. The Morgan fingerprint density at radius 3 is 2.82 bits per heavy atom. The molecule has 0 aromatic heterocycles. The van der Waals surface area contributed by atoms with Crippen LogP contribution >= 0.6 is 12.4 Å². The molecule has 6 heteroatoms. The molecule has 1 amide bonds. The molecule has 4 atom stereocenters. The van der Waals surface area contributed by atoms with Crippen molar-refractivity contribution < 1.29 is 13.6 Å². The summed E-state index contributed by atoms with van der Waals surface area (Å²) < 4.78 is 26.6. The van der Waals surface area contributed by atoms with Gasteiger partial charge >= 0.3 is 0 Å². The Labute approximate surface area is 135 Å². The molecule has 1 aromatic carbocycles. The highest BCUT2D eigenvalue weighted by Gasteiger charge is 2.45. The third kappa shape index (κ3) is 3.58. The molecule has 4 unspecified atom stereocenters. The summed E-state index contributed by atoms with van der Waals surface area (Å²) in [5.74, 6) is -0.987. The molecule has 1 heterocycles. The van der Waals surface area contributed by atoms with Crippen LogP contribution in [0.1, 0.15) is 31.2 Å². The zero-order chi connectivity index (χ0) is 15.0. The van der Waals surface area contributed by atoms with Crippen LogP contribution in [0.5, 0.6) is 0 Å². The number of carbonyl (C=O) groups excluding carboxylic acids is 1. The molecule has 122 valence electrons. The minimum atomic E-state index is -0.583. The first-order valence-corrected chi connectivity index (χ1v) is 7.52. The van der Waals surface area contributed by atoms with Crippen molar-refractivity contribution in [2.75, 3.05) is 13.1 Å². The van der Waals surface area contributed by atoms with Crippen LogP contribution in [-0.2, 0) is 4.79 Å². The van der Waals surface area contributed by atoms with E-state index < -0.39 is 11.6 Å². The van der Waals surface area contributed by atoms with Gasteiger partial charge in [-0.05, 0) is 42.9 Å². The van der Waals surface area contributed by atoms with Crippen molar-refractivity contribution in [1.82, 2.24) is 10.6 Å². The van der Waals surface area contributed by atoms with Crippen molar-refractivity contribution in [1.29, 1.82) is 0 Å². The van der Waals surface area contributed by atoms with Gasteiger partial charge in [0.1, 0.15) is 11.6 Å². The van der Waals surface area contributed by atoms with Gasteiger partial charge in [-0.2, -0.15) is 0 Å². The second-order valence-electron chi connectivity index (χ2n) is 6.20. The second-order valence-corrected chi connectivity index (χ2v) is 6.20. The monoisotopic (exact) mass is 330 g/mol. The molecule has 1 saturated heterocycles. The summed E-state index contributed by atoms with van der Waals surface area (Å²) in [5, 5.41) is 6.33. The Morgan fingerprint density at radius 2 is 2.14 bits per heavy atom. The standard InChI is InChI=1S/C16H20F2N2O.ClH/c1-9-4-5-19-8-15(9)20-16(21)13-7-12(13)11-3-2-10(17)6-14(11)18;/h2-3,6,9,12-13,15,19H,4-5,7-8H2,1H3,(H,20,21);1H. The molecule has 22 heavy (non-hydrogen) atoms. The third-order valence-corrected chi connectivity index (χ3v) is 4.64. The first-order valence-electron chi connectivity index (χ1n) is 7.52. The lowest BCUT2D eigenvalue weighted by Gasteiger charge is -2.30. The lowest BCUT2D eigenvalue weighted by Crippen LogP contribution is -2.50. The van der Waals surface area contributed by atoms with E-state index in [4.69, 9.17) is 0 Å². The minimum absolute atomic E-state index is 0. The van der Waals surface area contributed by atoms with E-state index in [0.717, 1.165) is 25.6 Å². The van der Waals surface area contributed by atoms with Crippen molar-refractivity contribution in [3.05, 3.63) is 35.4 Å². The van der Waals surface area contributed by atoms with Crippen LogP contribution < -0.4 is 10.6 Å². The van der Waals surface area contributed by atoms with Crippen molar-refractivity contribution >= 4 is 18.3 Å². The number of carbonyl (C=O) groups is 1. The Hall–Kier alpha value is -1.20. The van der Waals surface area contributed by atoms with E-state index >= 15 is 0 Å². The van der Waals surface area contributed by atoms with E-state index in [0.29, 0.717) is 17.9 Å². The summed E-state index contributed by atoms with van der Waals surface area (Å²) in [6, 6.07) is 3.73. The molecule has 0 spiro atoms. The van der Waals surface area contributed by atoms with E-state index in [1.165, 1.54) is 12.1 Å². The average molecular weight is 331 g/mol. The average Bonchev–Trinajstić information content (AvgIpc) is 3.21. The fourth-order valence-corrected chi connectivity index (χ4v) is 3.10. The van der Waals surface area contributed by atoms with Crippen LogP contribution in [0.25, 0.3) is 0 Å². The van der Waals surface area contributed by atoms with Gasteiger partial charge in [0.2, 0.25) is 5.91 Å². The molecule has 3 rings (SSSR count). The van der Waals surface area contributed by atoms with E-state index in [1.54, 1.807) is 0 Å². The maximum Gasteiger partial charge on any atom is 0.224 e. The van der Waals surface area contributed by atoms with Gasteiger partial charge in [0.15, 0.2) is 0 Å². The number of hydrogen-bond acceptors (Lipinski definition) is 2. The van der Waals surface area contributed by atoms with Gasteiger partial charge in [-0.15, -0.1) is 12.4 Å². The van der Waals surface area contributed by atoms with Crippen molar-refractivity contribution in [3.8, 4) is 0 Å². The number of hydrogen-bond donors (Lipinski definition) is 2. The van der Waals surface area contributed by atoms with Gasteiger partial charge < -0.3 is 10.6 Å². The van der Waals surface area contributed by atoms with E-state index in [2.05, 4.69) is 17.6 Å². The quantitative estimate of drug-likeness (QED) is 0.894. The van der Waals surface area contributed by atoms with Gasteiger partial charge in [-0.3, -0.25) is 4.79 Å². The molecule has 1 aliphatic heterocycles. The fourth-order valence-electron chi connectivity index (χ4n) is 3.10. The van der Waals surface area contributed by atoms with Gasteiger partial charge in [0, 0.05) is 24.6 Å². The molecule has 1 aromatic rings. The molecule has 0 radical (unpaired) electrons. The molecular weight excluding hydrogens is 310 g/mol. The summed E-state index contributed by atoms with van der Waals surface area (Å²) in [4.78, 5) is 12.2. The number of halogens is 3. The topological polar surface area (TPSA) is 41.1 Å². The van der Waals surface area contributed by atoms with Gasteiger partial charge in [0.25, 0.3) is 0 Å². The molecule has 2 aliphatic rings. The summed E-state index contributed by atoms with van der Waals surface area (Å²) in [5.41, 5.74) is 0.450. The lowest BCUT2D eigenvalue weighted by molar-refractivity contribution is -0.123. The number of nitrogens with one attached hydrogen (secondary N) is 2. The zero-order valence-corrected chi connectivity index (χ0v) is 13.3. The van der Waals surface area contributed by atoms with E-state index in [-0.39, 0.29) is 36.2 Å². The molecule has 0 bridgehead atoms. The van der Waals surface area contributed by atoms with Gasteiger partial charge in [0.05, 0.1) is 0 Å². The number of rotatable bonds is 3. The highest BCUT2D eigenvalue weighted by atomic mass is 35.5. The SMILES string of the molecule is CC1CCNCC1NC(=O)C1CC1c1ccc(F)cc1F.Cl. The van der Waals surface area contributed by atoms with Crippen LogP contribution in [0.4, 0.5) is 8.78 Å². The second kappa shape index (κ2) is 6.92. The molecular formula is C16H21ClF2N2O. The first kappa shape index (κ1) is 17.2. The summed E-state index contributed by atoms with van der Waals surface area (Å²) in [7, 11) is 0. The minimum Gasteiger partial charge on any atom is -0.352 e. The predicted molar refractivity (Wildman–Crippen MR) is 83.0 cm³/mol. The van der Waals surface area contributed by atoms with Crippen molar-refractivity contribution in [3.63, 3.8) is 0 Å². The van der Waals surface area contributed by atoms with Gasteiger partial charge in [-0.1, -0.05) is 13.0 Å². The Morgan fingerprint density at radius 1 is 1.36 bits per heavy atom. The van der Waals surface area contributed by atoms with Crippen LogP contribution in [0, 0.1) is 23.5 Å². The number of benzene rings is 1. The van der Waals surface area contributed by atoms with Crippen molar-refractivity contribution in [2.24, 2.45) is 11.8 Å². The molecule has 3 nitrogen and oxygen atoms in total. The van der Waals surface area contributed by atoms with Crippen LogP contribution in [-0.4, -0.2) is 25.0 Å². The van der Waals surface area contributed by atoms with E-state index in [1.807, 2.05) is 0 Å². The van der Waals surface area contributed by atoms with E-state index in [9.17, 15) is 13.6 Å². The van der Waals surface area contributed by atoms with Gasteiger partial charge in [-0.25, -0.2) is 8.78 Å². The predicted octanol–water partition coefficient (Wildman–Crippen LogP) is 2.60. The Kier molecular flexibility index (Phi) is 5.40. The highest BCUT2D eigenvalue weighted by molar-refractivity contribution is 5.85. The largest absolute Gasteiger partial charge is 0.352 e. The van der Waals surface area contributed by atoms with Crippen LogP contribution in [0.15, 0.2) is 18.2 Å². The summed E-state index contributed by atoms with van der Waals surface area (Å²) >= 11 is 0.